The summed E-state index contributed by atoms with van der Waals surface area (Å²) in [5.74, 6) is -0.403. The highest BCUT2D eigenvalue weighted by molar-refractivity contribution is 5.91. The fraction of sp³-hybridized carbons (Fsp3) is 0.357. The summed E-state index contributed by atoms with van der Waals surface area (Å²) in [5, 5.41) is 6.10. The summed E-state index contributed by atoms with van der Waals surface area (Å²) < 4.78 is 12.7. The van der Waals surface area contributed by atoms with Crippen LogP contribution in [0.3, 0.4) is 0 Å². The van der Waals surface area contributed by atoms with E-state index in [-0.39, 0.29) is 11.7 Å². The van der Waals surface area contributed by atoms with Crippen LogP contribution in [0.2, 0.25) is 0 Å². The van der Waals surface area contributed by atoms with Crippen molar-refractivity contribution in [1.29, 1.82) is 0 Å². The van der Waals surface area contributed by atoms with E-state index in [1.165, 1.54) is 31.1 Å². The fourth-order valence-electron chi connectivity index (χ4n) is 1.55. The fourth-order valence-corrected chi connectivity index (χ4v) is 1.55. The van der Waals surface area contributed by atoms with Gasteiger partial charge < -0.3 is 10.6 Å². The van der Waals surface area contributed by atoms with Crippen LogP contribution in [-0.2, 0) is 4.79 Å². The first-order valence-electron chi connectivity index (χ1n) is 6.19. The smallest absolute Gasteiger partial charge is 0.244 e. The zero-order chi connectivity index (χ0) is 12.8. The van der Waals surface area contributed by atoms with E-state index in [2.05, 4.69) is 10.6 Å². The van der Waals surface area contributed by atoms with Crippen molar-refractivity contribution < 1.29 is 9.18 Å². The zero-order valence-electron chi connectivity index (χ0n) is 10.2. The highest BCUT2D eigenvalue weighted by atomic mass is 19.1. The average molecular weight is 248 g/mol. The maximum Gasteiger partial charge on any atom is 0.244 e. The van der Waals surface area contributed by atoms with Crippen molar-refractivity contribution in [2.45, 2.75) is 18.9 Å². The first-order chi connectivity index (χ1) is 8.74. The Morgan fingerprint density at radius 1 is 1.28 bits per heavy atom. The maximum atomic E-state index is 12.7. The standard InChI is InChI=1S/C14H17FN2O/c15-12-4-1-11(2-5-12)3-8-14(18)17-10-9-16-13-6-7-13/h1-5,8,13,16H,6-7,9-10H2,(H,17,18)/b8-3+. The van der Waals surface area contributed by atoms with E-state index in [1.54, 1.807) is 18.2 Å². The molecule has 0 atom stereocenters. The first kappa shape index (κ1) is 12.8. The largest absolute Gasteiger partial charge is 0.351 e. The summed E-state index contributed by atoms with van der Waals surface area (Å²) in [6.45, 7) is 1.43. The van der Waals surface area contributed by atoms with Gasteiger partial charge in [0.25, 0.3) is 0 Å². The molecule has 1 aromatic carbocycles. The molecular weight excluding hydrogens is 231 g/mol. The van der Waals surface area contributed by atoms with Gasteiger partial charge in [0.2, 0.25) is 5.91 Å². The van der Waals surface area contributed by atoms with Crippen molar-refractivity contribution >= 4 is 12.0 Å². The molecule has 2 N–H and O–H groups in total. The van der Waals surface area contributed by atoms with Crippen LogP contribution >= 0.6 is 0 Å². The molecule has 0 radical (unpaired) electrons. The third kappa shape index (κ3) is 4.67. The summed E-state index contributed by atoms with van der Waals surface area (Å²) in [6.07, 6.45) is 5.63. The maximum absolute atomic E-state index is 12.7. The number of amides is 1. The van der Waals surface area contributed by atoms with E-state index in [9.17, 15) is 9.18 Å². The molecule has 1 saturated carbocycles. The van der Waals surface area contributed by atoms with Gasteiger partial charge in [0.1, 0.15) is 5.82 Å². The number of nitrogens with one attached hydrogen (secondary N) is 2. The molecule has 1 fully saturated rings. The van der Waals surface area contributed by atoms with Gasteiger partial charge in [-0.15, -0.1) is 0 Å². The molecule has 0 saturated heterocycles. The van der Waals surface area contributed by atoms with Crippen molar-refractivity contribution in [2.24, 2.45) is 0 Å². The lowest BCUT2D eigenvalue weighted by Gasteiger charge is -2.03. The van der Waals surface area contributed by atoms with Gasteiger partial charge in [0, 0.05) is 25.2 Å². The quantitative estimate of drug-likeness (QED) is 0.594. The van der Waals surface area contributed by atoms with E-state index >= 15 is 0 Å². The summed E-state index contributed by atoms with van der Waals surface area (Å²) in [5.41, 5.74) is 0.808. The second kappa shape index (κ2) is 6.31. The third-order valence-electron chi connectivity index (χ3n) is 2.73. The lowest BCUT2D eigenvalue weighted by molar-refractivity contribution is -0.116. The number of halogens is 1. The normalized spacial score (nSPS) is 14.9. The Bertz CT molecular complexity index is 424. The third-order valence-corrected chi connectivity index (χ3v) is 2.73. The lowest BCUT2D eigenvalue weighted by Crippen LogP contribution is -2.31. The molecular formula is C14H17FN2O. The summed E-state index contributed by atoms with van der Waals surface area (Å²) in [7, 11) is 0. The first-order valence-corrected chi connectivity index (χ1v) is 6.19. The van der Waals surface area contributed by atoms with Gasteiger partial charge in [-0.25, -0.2) is 4.39 Å². The number of rotatable bonds is 6. The molecule has 1 amide bonds. The average Bonchev–Trinajstić information content (AvgIpc) is 3.18. The predicted octanol–water partition coefficient (Wildman–Crippen LogP) is 1.71. The summed E-state index contributed by atoms with van der Waals surface area (Å²) in [4.78, 5) is 11.4. The van der Waals surface area contributed by atoms with Gasteiger partial charge in [0.15, 0.2) is 0 Å². The number of benzene rings is 1. The van der Waals surface area contributed by atoms with E-state index in [1.807, 2.05) is 0 Å². The molecule has 3 nitrogen and oxygen atoms in total. The van der Waals surface area contributed by atoms with Crippen LogP contribution < -0.4 is 10.6 Å². The minimum Gasteiger partial charge on any atom is -0.351 e. The van der Waals surface area contributed by atoms with Crippen molar-refractivity contribution in [1.82, 2.24) is 10.6 Å². The highest BCUT2D eigenvalue weighted by Gasteiger charge is 2.19. The molecule has 0 spiro atoms. The molecule has 18 heavy (non-hydrogen) atoms. The molecule has 1 aliphatic carbocycles. The van der Waals surface area contributed by atoms with Gasteiger partial charge in [0.05, 0.1) is 0 Å². The Morgan fingerprint density at radius 3 is 2.67 bits per heavy atom. The molecule has 2 rings (SSSR count). The Kier molecular flexibility index (Phi) is 4.47. The van der Waals surface area contributed by atoms with E-state index in [0.717, 1.165) is 12.1 Å². The van der Waals surface area contributed by atoms with Gasteiger partial charge in [-0.2, -0.15) is 0 Å². The second-order valence-electron chi connectivity index (χ2n) is 4.40. The Hall–Kier alpha value is -1.68. The summed E-state index contributed by atoms with van der Waals surface area (Å²) in [6, 6.07) is 6.67. The number of hydrogen-bond donors (Lipinski definition) is 2. The SMILES string of the molecule is O=C(/C=C/c1ccc(F)cc1)NCCNC1CC1. The Labute approximate surface area is 106 Å². The van der Waals surface area contributed by atoms with E-state index < -0.39 is 0 Å². The molecule has 0 unspecified atom stereocenters. The molecule has 96 valence electrons. The van der Waals surface area contributed by atoms with Crippen LogP contribution in [0, 0.1) is 5.82 Å². The minimum absolute atomic E-state index is 0.128. The van der Waals surface area contributed by atoms with Crippen LogP contribution in [0.5, 0.6) is 0 Å². The van der Waals surface area contributed by atoms with Gasteiger partial charge in [-0.1, -0.05) is 12.1 Å². The zero-order valence-corrected chi connectivity index (χ0v) is 10.2. The van der Waals surface area contributed by atoms with Crippen LogP contribution in [0.15, 0.2) is 30.3 Å². The summed E-state index contributed by atoms with van der Waals surface area (Å²) >= 11 is 0. The monoisotopic (exact) mass is 248 g/mol. The second-order valence-corrected chi connectivity index (χ2v) is 4.40. The Balaban J connectivity index is 1.67. The van der Waals surface area contributed by atoms with Crippen LogP contribution in [-0.4, -0.2) is 25.0 Å². The van der Waals surface area contributed by atoms with E-state index in [0.29, 0.717) is 12.6 Å². The number of hydrogen-bond acceptors (Lipinski definition) is 2. The molecule has 0 heterocycles. The number of carbonyl (C=O) groups is 1. The van der Waals surface area contributed by atoms with Crippen molar-refractivity contribution in [3.8, 4) is 0 Å². The van der Waals surface area contributed by atoms with Crippen molar-refractivity contribution in [2.75, 3.05) is 13.1 Å². The topological polar surface area (TPSA) is 41.1 Å². The molecule has 0 bridgehead atoms. The number of carbonyl (C=O) groups excluding carboxylic acids is 1. The molecule has 0 aliphatic heterocycles. The Morgan fingerprint density at radius 2 is 2.00 bits per heavy atom. The predicted molar refractivity (Wildman–Crippen MR) is 69.5 cm³/mol. The molecule has 1 aliphatic rings. The van der Waals surface area contributed by atoms with Crippen LogP contribution in [0.1, 0.15) is 18.4 Å². The minimum atomic E-state index is -0.275. The van der Waals surface area contributed by atoms with Gasteiger partial charge in [-0.3, -0.25) is 4.79 Å². The highest BCUT2D eigenvalue weighted by Crippen LogP contribution is 2.17. The van der Waals surface area contributed by atoms with Crippen LogP contribution in [0.25, 0.3) is 6.08 Å². The lowest BCUT2D eigenvalue weighted by atomic mass is 10.2. The molecule has 0 aromatic heterocycles. The van der Waals surface area contributed by atoms with E-state index in [4.69, 9.17) is 0 Å². The van der Waals surface area contributed by atoms with Crippen molar-refractivity contribution in [3.05, 3.63) is 41.7 Å². The van der Waals surface area contributed by atoms with Crippen LogP contribution in [0.4, 0.5) is 4.39 Å². The molecule has 1 aromatic rings. The van der Waals surface area contributed by atoms with Gasteiger partial charge >= 0.3 is 0 Å². The van der Waals surface area contributed by atoms with Crippen molar-refractivity contribution in [3.63, 3.8) is 0 Å². The van der Waals surface area contributed by atoms with Gasteiger partial charge in [-0.05, 0) is 36.6 Å². The molecule has 4 heteroatoms.